The molecular weight excluding hydrogens is 152 g/mol. The molecule has 0 rings (SSSR count). The molecule has 0 aliphatic rings. The first-order valence-electron chi connectivity index (χ1n) is 4.20. The van der Waals surface area contributed by atoms with Crippen molar-refractivity contribution < 1.29 is 4.79 Å². The SMILES string of the molecule is C=CCN(CCC)C(=O)N(C)C. The molecule has 0 saturated heterocycles. The van der Waals surface area contributed by atoms with E-state index in [0.717, 1.165) is 13.0 Å². The maximum Gasteiger partial charge on any atom is 0.319 e. The number of rotatable bonds is 4. The van der Waals surface area contributed by atoms with Crippen LogP contribution in [0.15, 0.2) is 12.7 Å². The number of carbonyl (C=O) groups excluding carboxylic acids is 1. The van der Waals surface area contributed by atoms with Gasteiger partial charge in [-0.15, -0.1) is 6.58 Å². The molecular formula is C9H18N2O. The fourth-order valence-electron chi connectivity index (χ4n) is 0.974. The molecule has 0 saturated carbocycles. The van der Waals surface area contributed by atoms with Gasteiger partial charge in [-0.25, -0.2) is 4.79 Å². The monoisotopic (exact) mass is 170 g/mol. The number of hydrogen-bond acceptors (Lipinski definition) is 1. The third-order valence-electron chi connectivity index (χ3n) is 1.50. The molecule has 0 bridgehead atoms. The van der Waals surface area contributed by atoms with Crippen molar-refractivity contribution in [1.82, 2.24) is 9.80 Å². The molecule has 0 aromatic carbocycles. The molecule has 0 heterocycles. The van der Waals surface area contributed by atoms with Gasteiger partial charge in [0.25, 0.3) is 0 Å². The van der Waals surface area contributed by atoms with Gasteiger partial charge in [-0.2, -0.15) is 0 Å². The summed E-state index contributed by atoms with van der Waals surface area (Å²) in [6.45, 7) is 7.09. The predicted octanol–water partition coefficient (Wildman–Crippen LogP) is 1.57. The van der Waals surface area contributed by atoms with Crippen LogP contribution in [0.25, 0.3) is 0 Å². The van der Waals surface area contributed by atoms with Gasteiger partial charge in [0, 0.05) is 27.2 Å². The van der Waals surface area contributed by atoms with Crippen LogP contribution in [-0.2, 0) is 0 Å². The van der Waals surface area contributed by atoms with E-state index in [1.165, 1.54) is 0 Å². The largest absolute Gasteiger partial charge is 0.331 e. The number of urea groups is 1. The minimum Gasteiger partial charge on any atom is -0.331 e. The van der Waals surface area contributed by atoms with Crippen LogP contribution in [0.3, 0.4) is 0 Å². The second kappa shape index (κ2) is 5.63. The molecule has 0 atom stereocenters. The van der Waals surface area contributed by atoms with E-state index < -0.39 is 0 Å². The zero-order valence-electron chi connectivity index (χ0n) is 8.21. The molecule has 12 heavy (non-hydrogen) atoms. The van der Waals surface area contributed by atoms with E-state index in [4.69, 9.17) is 0 Å². The highest BCUT2D eigenvalue weighted by molar-refractivity contribution is 5.73. The van der Waals surface area contributed by atoms with Gasteiger partial charge in [0.05, 0.1) is 0 Å². The fourth-order valence-corrected chi connectivity index (χ4v) is 0.974. The maximum atomic E-state index is 11.4. The molecule has 0 unspecified atom stereocenters. The van der Waals surface area contributed by atoms with Gasteiger partial charge >= 0.3 is 6.03 Å². The van der Waals surface area contributed by atoms with Crippen molar-refractivity contribution in [1.29, 1.82) is 0 Å². The molecule has 0 aliphatic heterocycles. The van der Waals surface area contributed by atoms with E-state index >= 15 is 0 Å². The Kier molecular flexibility index (Phi) is 5.17. The lowest BCUT2D eigenvalue weighted by atomic mass is 10.4. The van der Waals surface area contributed by atoms with Gasteiger partial charge in [0.15, 0.2) is 0 Å². The Hall–Kier alpha value is -0.990. The van der Waals surface area contributed by atoms with Crippen LogP contribution in [0, 0.1) is 0 Å². The Morgan fingerprint density at radius 3 is 2.42 bits per heavy atom. The molecule has 3 heteroatoms. The van der Waals surface area contributed by atoms with Gasteiger partial charge in [-0.3, -0.25) is 0 Å². The Labute approximate surface area is 74.7 Å². The van der Waals surface area contributed by atoms with Crippen molar-refractivity contribution >= 4 is 6.03 Å². The van der Waals surface area contributed by atoms with Gasteiger partial charge in [-0.1, -0.05) is 13.0 Å². The normalized spacial score (nSPS) is 9.25. The van der Waals surface area contributed by atoms with Crippen molar-refractivity contribution in [3.05, 3.63) is 12.7 Å². The lowest BCUT2D eigenvalue weighted by molar-refractivity contribution is 0.176. The summed E-state index contributed by atoms with van der Waals surface area (Å²) < 4.78 is 0. The molecule has 0 N–H and O–H groups in total. The lowest BCUT2D eigenvalue weighted by Crippen LogP contribution is -2.39. The van der Waals surface area contributed by atoms with Gasteiger partial charge in [-0.05, 0) is 6.42 Å². The van der Waals surface area contributed by atoms with Crippen molar-refractivity contribution in [2.24, 2.45) is 0 Å². The van der Waals surface area contributed by atoms with Gasteiger partial charge in [0.1, 0.15) is 0 Å². The number of amides is 2. The summed E-state index contributed by atoms with van der Waals surface area (Å²) >= 11 is 0. The van der Waals surface area contributed by atoms with Gasteiger partial charge in [0.2, 0.25) is 0 Å². The second-order valence-corrected chi connectivity index (χ2v) is 2.91. The highest BCUT2D eigenvalue weighted by Crippen LogP contribution is 1.96. The van der Waals surface area contributed by atoms with E-state index in [0.29, 0.717) is 6.54 Å². The van der Waals surface area contributed by atoms with Crippen molar-refractivity contribution in [3.8, 4) is 0 Å². The molecule has 0 aliphatic carbocycles. The summed E-state index contributed by atoms with van der Waals surface area (Å²) in [6.07, 6.45) is 2.73. The summed E-state index contributed by atoms with van der Waals surface area (Å²) in [4.78, 5) is 14.8. The van der Waals surface area contributed by atoms with Gasteiger partial charge < -0.3 is 9.80 Å². The zero-order valence-corrected chi connectivity index (χ0v) is 8.21. The number of nitrogens with zero attached hydrogens (tertiary/aromatic N) is 2. The van der Waals surface area contributed by atoms with E-state index in [-0.39, 0.29) is 6.03 Å². The van der Waals surface area contributed by atoms with Crippen LogP contribution in [0.1, 0.15) is 13.3 Å². The van der Waals surface area contributed by atoms with Crippen LogP contribution in [0.5, 0.6) is 0 Å². The summed E-state index contributed by atoms with van der Waals surface area (Å²) in [6, 6.07) is 0.0525. The predicted molar refractivity (Wildman–Crippen MR) is 51.1 cm³/mol. The fraction of sp³-hybridized carbons (Fsp3) is 0.667. The van der Waals surface area contributed by atoms with Crippen molar-refractivity contribution in [2.45, 2.75) is 13.3 Å². The van der Waals surface area contributed by atoms with E-state index in [2.05, 4.69) is 13.5 Å². The molecule has 0 fully saturated rings. The molecule has 2 amide bonds. The topological polar surface area (TPSA) is 23.6 Å². The Morgan fingerprint density at radius 1 is 1.50 bits per heavy atom. The average molecular weight is 170 g/mol. The third kappa shape index (κ3) is 3.42. The van der Waals surface area contributed by atoms with Crippen molar-refractivity contribution in [3.63, 3.8) is 0 Å². The number of hydrogen-bond donors (Lipinski definition) is 0. The summed E-state index contributed by atoms with van der Waals surface area (Å²) in [5.41, 5.74) is 0. The maximum absolute atomic E-state index is 11.4. The molecule has 0 aromatic heterocycles. The molecule has 3 nitrogen and oxygen atoms in total. The van der Waals surface area contributed by atoms with Crippen LogP contribution in [0.4, 0.5) is 4.79 Å². The van der Waals surface area contributed by atoms with Crippen LogP contribution in [0.2, 0.25) is 0 Å². The standard InChI is InChI=1S/C9H18N2O/c1-5-7-11(8-6-2)9(12)10(3)4/h5H,1,6-8H2,2-4H3. The first-order valence-corrected chi connectivity index (χ1v) is 4.20. The van der Waals surface area contributed by atoms with Crippen LogP contribution in [-0.4, -0.2) is 43.0 Å². The highest BCUT2D eigenvalue weighted by Gasteiger charge is 2.11. The quantitative estimate of drug-likeness (QED) is 0.587. The van der Waals surface area contributed by atoms with E-state index in [1.54, 1.807) is 30.0 Å². The Bertz CT molecular complexity index is 155. The summed E-state index contributed by atoms with van der Waals surface area (Å²) in [5.74, 6) is 0. The first kappa shape index (κ1) is 11.0. The summed E-state index contributed by atoms with van der Waals surface area (Å²) in [5, 5.41) is 0. The lowest BCUT2D eigenvalue weighted by Gasteiger charge is -2.24. The molecule has 0 spiro atoms. The third-order valence-corrected chi connectivity index (χ3v) is 1.50. The minimum absolute atomic E-state index is 0.0525. The Balaban J connectivity index is 4.08. The molecule has 0 radical (unpaired) electrons. The highest BCUT2D eigenvalue weighted by atomic mass is 16.2. The molecule has 0 aromatic rings. The van der Waals surface area contributed by atoms with E-state index in [9.17, 15) is 4.79 Å². The zero-order chi connectivity index (χ0) is 9.56. The minimum atomic E-state index is 0.0525. The van der Waals surface area contributed by atoms with Crippen LogP contribution < -0.4 is 0 Å². The first-order chi connectivity index (χ1) is 5.63. The smallest absolute Gasteiger partial charge is 0.319 e. The summed E-state index contributed by atoms with van der Waals surface area (Å²) in [7, 11) is 3.52. The second-order valence-electron chi connectivity index (χ2n) is 2.91. The Morgan fingerprint density at radius 2 is 2.08 bits per heavy atom. The van der Waals surface area contributed by atoms with E-state index in [1.807, 2.05) is 0 Å². The van der Waals surface area contributed by atoms with Crippen molar-refractivity contribution in [2.75, 3.05) is 27.2 Å². The average Bonchev–Trinajstić information content (AvgIpc) is 2.03. The number of carbonyl (C=O) groups is 1. The van der Waals surface area contributed by atoms with Crippen LogP contribution >= 0.6 is 0 Å². The molecule has 70 valence electrons.